The molecule has 0 aliphatic rings. The van der Waals surface area contributed by atoms with Gasteiger partial charge in [-0.2, -0.15) is 5.10 Å². The summed E-state index contributed by atoms with van der Waals surface area (Å²) in [6.07, 6.45) is 6.70. The third-order valence-electron chi connectivity index (χ3n) is 4.55. The fourth-order valence-corrected chi connectivity index (χ4v) is 3.96. The van der Waals surface area contributed by atoms with Crippen LogP contribution in [-0.4, -0.2) is 39.5 Å². The Kier molecular flexibility index (Phi) is 4.89. The number of aromatic nitrogens is 8. The molecular weight excluding hydrogens is 412 g/mol. The highest BCUT2D eigenvalue weighted by Gasteiger charge is 2.17. The van der Waals surface area contributed by atoms with Crippen LogP contribution in [0, 0.1) is 0 Å². The lowest BCUT2D eigenvalue weighted by Gasteiger charge is -2.07. The molecule has 0 saturated heterocycles. The van der Waals surface area contributed by atoms with Gasteiger partial charge < -0.3 is 4.98 Å². The number of hydrogen-bond donors (Lipinski definition) is 1. The maximum absolute atomic E-state index is 12.6. The van der Waals surface area contributed by atoms with Crippen molar-refractivity contribution in [2.45, 2.75) is 16.9 Å². The monoisotopic (exact) mass is 428 g/mol. The molecule has 0 unspecified atom stereocenters. The molecule has 0 bridgehead atoms. The Hall–Kier alpha value is -4.05. The lowest BCUT2D eigenvalue weighted by molar-refractivity contribution is 0.728. The van der Waals surface area contributed by atoms with Crippen LogP contribution < -0.4 is 5.56 Å². The van der Waals surface area contributed by atoms with Crippen molar-refractivity contribution in [3.8, 4) is 17.1 Å². The zero-order valence-corrected chi connectivity index (χ0v) is 17.0. The van der Waals surface area contributed by atoms with E-state index in [-0.39, 0.29) is 5.56 Å². The van der Waals surface area contributed by atoms with Crippen LogP contribution in [0.3, 0.4) is 0 Å². The first kappa shape index (κ1) is 18.9. The van der Waals surface area contributed by atoms with Gasteiger partial charge in [-0.15, -0.1) is 16.8 Å². The SMILES string of the molecule is C=CCn1c(Sc2nc3c(cnn3-c3ccccc3)c(=O)[nH]2)nnc1-c1cccnc1. The number of benzene rings is 1. The van der Waals surface area contributed by atoms with E-state index in [9.17, 15) is 4.79 Å². The number of H-pyrrole nitrogens is 1. The van der Waals surface area contributed by atoms with Gasteiger partial charge in [-0.25, -0.2) is 9.67 Å². The summed E-state index contributed by atoms with van der Waals surface area (Å²) in [4.78, 5) is 24.2. The minimum absolute atomic E-state index is 0.267. The fourth-order valence-electron chi connectivity index (χ4n) is 3.16. The van der Waals surface area contributed by atoms with Crippen LogP contribution in [0.25, 0.3) is 28.1 Å². The summed E-state index contributed by atoms with van der Waals surface area (Å²) in [7, 11) is 0. The second-order valence-corrected chi connectivity index (χ2v) is 7.51. The van der Waals surface area contributed by atoms with Crippen LogP contribution in [-0.2, 0) is 6.54 Å². The fraction of sp³-hybridized carbons (Fsp3) is 0.0476. The maximum Gasteiger partial charge on any atom is 0.262 e. The second-order valence-electron chi connectivity index (χ2n) is 6.55. The summed E-state index contributed by atoms with van der Waals surface area (Å²) in [6, 6.07) is 13.3. The van der Waals surface area contributed by atoms with E-state index < -0.39 is 0 Å². The standard InChI is InChI=1S/C21H16N8OS/c1-2-11-28-17(14-7-6-10-22-12-14)26-27-21(28)31-20-24-18-16(19(30)25-20)13-23-29(18)15-8-4-3-5-9-15/h2-10,12-13H,1,11H2,(H,24,25,30). The van der Waals surface area contributed by atoms with Crippen LogP contribution in [0.4, 0.5) is 0 Å². The van der Waals surface area contributed by atoms with Gasteiger partial charge in [-0.3, -0.25) is 14.3 Å². The molecule has 9 nitrogen and oxygen atoms in total. The molecule has 0 aliphatic heterocycles. The number of pyridine rings is 1. The summed E-state index contributed by atoms with van der Waals surface area (Å²) in [6.45, 7) is 4.32. The molecule has 0 radical (unpaired) electrons. The van der Waals surface area contributed by atoms with Gasteiger partial charge in [-0.05, 0) is 36.0 Å². The first-order chi connectivity index (χ1) is 15.2. The van der Waals surface area contributed by atoms with Gasteiger partial charge >= 0.3 is 0 Å². The maximum atomic E-state index is 12.6. The number of allylic oxidation sites excluding steroid dienone is 1. The number of nitrogens with zero attached hydrogens (tertiary/aromatic N) is 7. The van der Waals surface area contributed by atoms with E-state index in [1.165, 1.54) is 18.0 Å². The number of hydrogen-bond acceptors (Lipinski definition) is 7. The molecule has 1 aromatic carbocycles. The van der Waals surface area contributed by atoms with Gasteiger partial charge in [-0.1, -0.05) is 24.3 Å². The Balaban J connectivity index is 1.58. The van der Waals surface area contributed by atoms with Crippen molar-refractivity contribution in [1.82, 2.24) is 39.5 Å². The van der Waals surface area contributed by atoms with Crippen molar-refractivity contribution >= 4 is 22.8 Å². The Morgan fingerprint density at radius 2 is 1.97 bits per heavy atom. The molecule has 152 valence electrons. The Bertz CT molecular complexity index is 1420. The third kappa shape index (κ3) is 3.53. The van der Waals surface area contributed by atoms with Crippen molar-refractivity contribution in [1.29, 1.82) is 0 Å². The average Bonchev–Trinajstić information content (AvgIpc) is 3.40. The highest BCUT2D eigenvalue weighted by molar-refractivity contribution is 7.99. The van der Waals surface area contributed by atoms with Gasteiger partial charge in [0.05, 0.1) is 11.9 Å². The smallest absolute Gasteiger partial charge is 0.262 e. The second kappa shape index (κ2) is 8.00. The molecule has 0 spiro atoms. The van der Waals surface area contributed by atoms with E-state index in [4.69, 9.17) is 0 Å². The lowest BCUT2D eigenvalue weighted by atomic mass is 10.3. The number of nitrogens with one attached hydrogen (secondary N) is 1. The summed E-state index contributed by atoms with van der Waals surface area (Å²) in [5.41, 5.74) is 1.86. The van der Waals surface area contributed by atoms with Crippen molar-refractivity contribution in [3.63, 3.8) is 0 Å². The van der Waals surface area contributed by atoms with Crippen LogP contribution in [0.2, 0.25) is 0 Å². The van der Waals surface area contributed by atoms with E-state index in [1.807, 2.05) is 47.0 Å². The van der Waals surface area contributed by atoms with Crippen molar-refractivity contribution in [3.05, 3.63) is 84.1 Å². The van der Waals surface area contributed by atoms with Crippen LogP contribution >= 0.6 is 11.8 Å². The molecule has 31 heavy (non-hydrogen) atoms. The number of aromatic amines is 1. The largest absolute Gasteiger partial charge is 0.300 e. The van der Waals surface area contributed by atoms with Gasteiger partial charge in [0.2, 0.25) is 0 Å². The molecule has 1 N–H and O–H groups in total. The lowest BCUT2D eigenvalue weighted by Crippen LogP contribution is -2.10. The Morgan fingerprint density at radius 3 is 2.74 bits per heavy atom. The molecular formula is C21H16N8OS. The number of para-hydroxylation sites is 1. The molecule has 4 heterocycles. The predicted octanol–water partition coefficient (Wildman–Crippen LogP) is 3.10. The quantitative estimate of drug-likeness (QED) is 0.327. The average molecular weight is 428 g/mol. The topological polar surface area (TPSA) is 107 Å². The summed E-state index contributed by atoms with van der Waals surface area (Å²) in [5, 5.41) is 14.3. The molecule has 0 atom stereocenters. The normalized spacial score (nSPS) is 11.1. The van der Waals surface area contributed by atoms with Crippen LogP contribution in [0.1, 0.15) is 0 Å². The number of fused-ring (bicyclic) bond motifs is 1. The molecule has 5 aromatic rings. The molecule has 0 fully saturated rings. The van der Waals surface area contributed by atoms with Gasteiger partial charge in [0.25, 0.3) is 5.56 Å². The summed E-state index contributed by atoms with van der Waals surface area (Å²) < 4.78 is 3.54. The van der Waals surface area contributed by atoms with E-state index in [1.54, 1.807) is 23.2 Å². The zero-order valence-electron chi connectivity index (χ0n) is 16.2. The predicted molar refractivity (Wildman–Crippen MR) is 117 cm³/mol. The van der Waals surface area contributed by atoms with Gasteiger partial charge in [0.15, 0.2) is 21.8 Å². The Morgan fingerprint density at radius 1 is 1.10 bits per heavy atom. The third-order valence-corrected chi connectivity index (χ3v) is 5.42. The minimum atomic E-state index is -0.267. The minimum Gasteiger partial charge on any atom is -0.300 e. The van der Waals surface area contributed by atoms with Gasteiger partial charge in [0.1, 0.15) is 5.39 Å². The zero-order chi connectivity index (χ0) is 21.2. The molecule has 0 amide bonds. The van der Waals surface area contributed by atoms with Crippen LogP contribution in [0.5, 0.6) is 0 Å². The highest BCUT2D eigenvalue weighted by atomic mass is 32.2. The van der Waals surface area contributed by atoms with Crippen molar-refractivity contribution in [2.24, 2.45) is 0 Å². The summed E-state index contributed by atoms with van der Waals surface area (Å²) in [5.74, 6) is 0.660. The van der Waals surface area contributed by atoms with E-state index in [2.05, 4.69) is 36.8 Å². The van der Waals surface area contributed by atoms with E-state index in [0.29, 0.717) is 33.7 Å². The molecule has 0 aliphatic carbocycles. The molecule has 10 heteroatoms. The first-order valence-electron chi connectivity index (χ1n) is 9.40. The van der Waals surface area contributed by atoms with E-state index >= 15 is 0 Å². The molecule has 4 aromatic heterocycles. The highest BCUT2D eigenvalue weighted by Crippen LogP contribution is 2.28. The van der Waals surface area contributed by atoms with E-state index in [0.717, 1.165) is 11.3 Å². The first-order valence-corrected chi connectivity index (χ1v) is 10.2. The number of rotatable bonds is 6. The molecule has 5 rings (SSSR count). The molecule has 0 saturated carbocycles. The summed E-state index contributed by atoms with van der Waals surface area (Å²) >= 11 is 1.22. The van der Waals surface area contributed by atoms with Crippen molar-refractivity contribution < 1.29 is 0 Å². The Labute approximate surface area is 180 Å². The van der Waals surface area contributed by atoms with Crippen molar-refractivity contribution in [2.75, 3.05) is 0 Å². The van der Waals surface area contributed by atoms with Gasteiger partial charge in [0, 0.05) is 24.5 Å². The van der Waals surface area contributed by atoms with Crippen LogP contribution in [0.15, 0.2) is 88.8 Å².